The predicted molar refractivity (Wildman–Crippen MR) is 56.3 cm³/mol. The minimum absolute atomic E-state index is 0.100. The van der Waals surface area contributed by atoms with Crippen molar-refractivity contribution in [3.05, 3.63) is 35.4 Å². The SMILES string of the molecule is NCC(OCCO)c1ccc(C(F)(F)F)cc1. The van der Waals surface area contributed by atoms with E-state index in [0.717, 1.165) is 12.1 Å². The highest BCUT2D eigenvalue weighted by molar-refractivity contribution is 5.26. The van der Waals surface area contributed by atoms with Crippen LogP contribution in [0.5, 0.6) is 0 Å². The molecule has 1 atom stereocenters. The third-order valence-electron chi connectivity index (χ3n) is 2.23. The van der Waals surface area contributed by atoms with Crippen molar-refractivity contribution in [1.82, 2.24) is 0 Å². The summed E-state index contributed by atoms with van der Waals surface area (Å²) in [7, 11) is 0. The van der Waals surface area contributed by atoms with Gasteiger partial charge in [0.05, 0.1) is 24.9 Å². The smallest absolute Gasteiger partial charge is 0.394 e. The Morgan fingerprint density at radius 3 is 2.24 bits per heavy atom. The van der Waals surface area contributed by atoms with Gasteiger partial charge in [0.25, 0.3) is 0 Å². The van der Waals surface area contributed by atoms with Crippen molar-refractivity contribution in [2.24, 2.45) is 5.73 Å². The molecule has 0 aliphatic carbocycles. The standard InChI is InChI=1S/C11H14F3NO2/c12-11(13,14)9-3-1-8(2-4-9)10(7-15)17-6-5-16/h1-4,10,16H,5-7,15H2. The lowest BCUT2D eigenvalue weighted by Gasteiger charge is -2.16. The first-order chi connectivity index (χ1) is 7.99. The summed E-state index contributed by atoms with van der Waals surface area (Å²) in [6.07, 6.45) is -4.84. The van der Waals surface area contributed by atoms with Gasteiger partial charge in [0.1, 0.15) is 0 Å². The molecule has 0 bridgehead atoms. The number of rotatable bonds is 5. The van der Waals surface area contributed by atoms with Crippen LogP contribution in [0.1, 0.15) is 17.2 Å². The summed E-state index contributed by atoms with van der Waals surface area (Å²) in [5, 5.41) is 8.59. The molecule has 1 aromatic carbocycles. The van der Waals surface area contributed by atoms with E-state index in [2.05, 4.69) is 0 Å². The van der Waals surface area contributed by atoms with Crippen molar-refractivity contribution in [3.63, 3.8) is 0 Å². The van der Waals surface area contributed by atoms with Gasteiger partial charge in [0.15, 0.2) is 0 Å². The Morgan fingerprint density at radius 1 is 1.24 bits per heavy atom. The van der Waals surface area contributed by atoms with E-state index < -0.39 is 17.8 Å². The Kier molecular flexibility index (Phi) is 4.92. The molecule has 1 rings (SSSR count). The zero-order valence-electron chi connectivity index (χ0n) is 9.07. The molecule has 17 heavy (non-hydrogen) atoms. The number of alkyl halides is 3. The third kappa shape index (κ3) is 3.99. The van der Waals surface area contributed by atoms with Crippen LogP contribution >= 0.6 is 0 Å². The third-order valence-corrected chi connectivity index (χ3v) is 2.23. The molecule has 3 N–H and O–H groups in total. The first-order valence-electron chi connectivity index (χ1n) is 5.08. The van der Waals surface area contributed by atoms with Gasteiger partial charge in [-0.25, -0.2) is 0 Å². The highest BCUT2D eigenvalue weighted by atomic mass is 19.4. The van der Waals surface area contributed by atoms with Gasteiger partial charge in [0.2, 0.25) is 0 Å². The molecule has 6 heteroatoms. The van der Waals surface area contributed by atoms with E-state index in [-0.39, 0.29) is 19.8 Å². The zero-order chi connectivity index (χ0) is 12.9. The second-order valence-electron chi connectivity index (χ2n) is 3.44. The van der Waals surface area contributed by atoms with Crippen molar-refractivity contribution in [1.29, 1.82) is 0 Å². The monoisotopic (exact) mass is 249 g/mol. The summed E-state index contributed by atoms with van der Waals surface area (Å²) in [5.41, 5.74) is 5.30. The predicted octanol–water partition coefficient (Wildman–Crippen LogP) is 1.71. The summed E-state index contributed by atoms with van der Waals surface area (Å²) in [4.78, 5) is 0. The molecule has 1 unspecified atom stereocenters. The van der Waals surface area contributed by atoms with E-state index >= 15 is 0 Å². The van der Waals surface area contributed by atoms with Crippen LogP contribution in [0, 0.1) is 0 Å². The molecule has 0 amide bonds. The first-order valence-corrected chi connectivity index (χ1v) is 5.08. The van der Waals surface area contributed by atoms with Gasteiger partial charge in [-0.3, -0.25) is 0 Å². The van der Waals surface area contributed by atoms with Crippen molar-refractivity contribution in [3.8, 4) is 0 Å². The average molecular weight is 249 g/mol. The Balaban J connectivity index is 2.78. The van der Waals surface area contributed by atoms with Crippen molar-refractivity contribution >= 4 is 0 Å². The molecule has 96 valence electrons. The molecule has 3 nitrogen and oxygen atoms in total. The second kappa shape index (κ2) is 6.00. The number of benzene rings is 1. The molecular formula is C11H14F3NO2. The maximum atomic E-state index is 12.3. The molecule has 0 radical (unpaired) electrons. The Morgan fingerprint density at radius 2 is 1.82 bits per heavy atom. The summed E-state index contributed by atoms with van der Waals surface area (Å²) >= 11 is 0. The van der Waals surface area contributed by atoms with Crippen LogP contribution in [-0.2, 0) is 10.9 Å². The van der Waals surface area contributed by atoms with Crippen molar-refractivity contribution < 1.29 is 23.0 Å². The number of hydrogen-bond donors (Lipinski definition) is 2. The van der Waals surface area contributed by atoms with Crippen LogP contribution in [0.3, 0.4) is 0 Å². The van der Waals surface area contributed by atoms with Gasteiger partial charge in [-0.05, 0) is 17.7 Å². The number of halogens is 3. The van der Waals surface area contributed by atoms with E-state index in [1.165, 1.54) is 12.1 Å². The maximum Gasteiger partial charge on any atom is 0.416 e. The van der Waals surface area contributed by atoms with Crippen LogP contribution in [0.2, 0.25) is 0 Å². The van der Waals surface area contributed by atoms with Gasteiger partial charge in [-0.2, -0.15) is 13.2 Å². The van der Waals surface area contributed by atoms with Gasteiger partial charge in [-0.1, -0.05) is 12.1 Å². The molecule has 0 aliphatic heterocycles. The lowest BCUT2D eigenvalue weighted by atomic mass is 10.1. The van der Waals surface area contributed by atoms with Gasteiger partial charge < -0.3 is 15.6 Å². The largest absolute Gasteiger partial charge is 0.416 e. The molecule has 0 heterocycles. The van der Waals surface area contributed by atoms with Crippen LogP contribution in [0.15, 0.2) is 24.3 Å². The minimum atomic E-state index is -4.34. The Bertz CT molecular complexity index is 338. The Hall–Kier alpha value is -1.11. The van der Waals surface area contributed by atoms with Gasteiger partial charge in [0, 0.05) is 6.54 Å². The number of aliphatic hydroxyl groups excluding tert-OH is 1. The van der Waals surface area contributed by atoms with Crippen LogP contribution in [0.25, 0.3) is 0 Å². The van der Waals surface area contributed by atoms with E-state index in [1.807, 2.05) is 0 Å². The van der Waals surface area contributed by atoms with Crippen molar-refractivity contribution in [2.75, 3.05) is 19.8 Å². The first kappa shape index (κ1) is 14.0. The molecule has 0 saturated carbocycles. The zero-order valence-corrected chi connectivity index (χ0v) is 9.07. The van der Waals surface area contributed by atoms with Crippen LogP contribution in [-0.4, -0.2) is 24.9 Å². The lowest BCUT2D eigenvalue weighted by Crippen LogP contribution is -2.17. The molecule has 0 fully saturated rings. The maximum absolute atomic E-state index is 12.3. The van der Waals surface area contributed by atoms with Crippen LogP contribution in [0.4, 0.5) is 13.2 Å². The summed E-state index contributed by atoms with van der Waals surface area (Å²) < 4.78 is 42.1. The lowest BCUT2D eigenvalue weighted by molar-refractivity contribution is -0.137. The number of hydrogen-bond acceptors (Lipinski definition) is 3. The van der Waals surface area contributed by atoms with E-state index in [9.17, 15) is 13.2 Å². The fourth-order valence-corrected chi connectivity index (χ4v) is 1.38. The molecule has 0 aromatic heterocycles. The highest BCUT2D eigenvalue weighted by Crippen LogP contribution is 2.30. The minimum Gasteiger partial charge on any atom is -0.394 e. The molecule has 1 aromatic rings. The van der Waals surface area contributed by atoms with E-state index in [0.29, 0.717) is 5.56 Å². The fraction of sp³-hybridized carbons (Fsp3) is 0.455. The quantitative estimate of drug-likeness (QED) is 0.835. The summed E-state index contributed by atoms with van der Waals surface area (Å²) in [6.45, 7) is 0.0887. The van der Waals surface area contributed by atoms with E-state index in [4.69, 9.17) is 15.6 Å². The second-order valence-corrected chi connectivity index (χ2v) is 3.44. The highest BCUT2D eigenvalue weighted by Gasteiger charge is 2.30. The molecule has 0 spiro atoms. The fourth-order valence-electron chi connectivity index (χ4n) is 1.38. The molecule has 0 saturated heterocycles. The number of nitrogens with two attached hydrogens (primary N) is 1. The number of aliphatic hydroxyl groups is 1. The van der Waals surface area contributed by atoms with Crippen molar-refractivity contribution in [2.45, 2.75) is 12.3 Å². The summed E-state index contributed by atoms with van der Waals surface area (Å²) in [6, 6.07) is 4.63. The topological polar surface area (TPSA) is 55.5 Å². The molecule has 0 aliphatic rings. The normalized spacial score (nSPS) is 13.7. The van der Waals surface area contributed by atoms with Gasteiger partial charge >= 0.3 is 6.18 Å². The van der Waals surface area contributed by atoms with E-state index in [1.54, 1.807) is 0 Å². The molecular weight excluding hydrogens is 235 g/mol. The Labute approximate surface area is 97.0 Å². The van der Waals surface area contributed by atoms with Crippen LogP contribution < -0.4 is 5.73 Å². The van der Waals surface area contributed by atoms with Gasteiger partial charge in [-0.15, -0.1) is 0 Å². The number of ether oxygens (including phenoxy) is 1. The average Bonchev–Trinajstić information content (AvgIpc) is 2.29. The summed E-state index contributed by atoms with van der Waals surface area (Å²) in [5.74, 6) is 0.